The van der Waals surface area contributed by atoms with E-state index in [1.54, 1.807) is 24.3 Å². The summed E-state index contributed by atoms with van der Waals surface area (Å²) in [6, 6.07) is 12.1. The minimum Gasteiger partial charge on any atom is -0.451 e. The number of ketones is 2. The first-order valence-corrected chi connectivity index (χ1v) is 10.9. The maximum Gasteiger partial charge on any atom is 0.331 e. The van der Waals surface area contributed by atoms with Crippen LogP contribution in [0.2, 0.25) is 0 Å². The van der Waals surface area contributed by atoms with E-state index in [1.807, 2.05) is 0 Å². The molecule has 0 spiro atoms. The van der Waals surface area contributed by atoms with Gasteiger partial charge < -0.3 is 20.1 Å². The Balaban J connectivity index is 1.86. The molecule has 0 aromatic heterocycles. The molecule has 0 heterocycles. The topological polar surface area (TPSA) is 145 Å². The fraction of sp³-hybridized carbons (Fsp3) is 0.231. The van der Waals surface area contributed by atoms with Crippen LogP contribution in [0.4, 0.5) is 11.4 Å². The van der Waals surface area contributed by atoms with Gasteiger partial charge in [0, 0.05) is 48.5 Å². The van der Waals surface area contributed by atoms with Gasteiger partial charge in [-0.15, -0.1) is 0 Å². The lowest BCUT2D eigenvalue weighted by atomic mass is 10.1. The molecule has 2 atom stereocenters. The molecule has 36 heavy (non-hydrogen) atoms. The summed E-state index contributed by atoms with van der Waals surface area (Å²) in [4.78, 5) is 71.0. The van der Waals surface area contributed by atoms with Gasteiger partial charge in [0.1, 0.15) is 0 Å². The predicted molar refractivity (Wildman–Crippen MR) is 130 cm³/mol. The standard InChI is InChI=1S/C26H26N2O8/c1-15(25(33)19-5-9-21(10-6-19)27-17(3)29)35-23(31)13-14-24(32)36-16(2)26(34)20-7-11-22(12-8-20)28-18(4)30/h5-16H,1-4H3,(H,27,29)(H,28,30)/b14-13+/t15-,16-/m1/s1. The van der Waals surface area contributed by atoms with Gasteiger partial charge in [-0.1, -0.05) is 0 Å². The van der Waals surface area contributed by atoms with Crippen molar-refractivity contribution in [1.82, 2.24) is 0 Å². The lowest BCUT2D eigenvalue weighted by molar-refractivity contribution is -0.143. The highest BCUT2D eigenvalue weighted by Crippen LogP contribution is 2.14. The van der Waals surface area contributed by atoms with Gasteiger partial charge in [-0.05, 0) is 62.4 Å². The normalized spacial score (nSPS) is 12.2. The number of carbonyl (C=O) groups excluding carboxylic acids is 6. The third kappa shape index (κ3) is 8.64. The average molecular weight is 495 g/mol. The zero-order chi connectivity index (χ0) is 26.8. The van der Waals surface area contributed by atoms with Crippen molar-refractivity contribution in [3.05, 3.63) is 71.8 Å². The third-order valence-corrected chi connectivity index (χ3v) is 4.66. The first kappa shape index (κ1) is 27.6. The molecule has 2 aromatic carbocycles. The Labute approximate surface area is 207 Å². The summed E-state index contributed by atoms with van der Waals surface area (Å²) < 4.78 is 10.0. The zero-order valence-corrected chi connectivity index (χ0v) is 20.2. The van der Waals surface area contributed by atoms with Crippen LogP contribution in [0.3, 0.4) is 0 Å². The lowest BCUT2D eigenvalue weighted by Gasteiger charge is -2.12. The second-order valence-corrected chi connectivity index (χ2v) is 7.74. The maximum absolute atomic E-state index is 12.4. The van der Waals surface area contributed by atoms with E-state index in [9.17, 15) is 28.8 Å². The predicted octanol–water partition coefficient (Wildman–Crippen LogP) is 3.09. The Hall–Kier alpha value is -4.60. The summed E-state index contributed by atoms with van der Waals surface area (Å²) in [6.07, 6.45) is -0.673. The van der Waals surface area contributed by atoms with E-state index in [-0.39, 0.29) is 22.9 Å². The van der Waals surface area contributed by atoms with Crippen molar-refractivity contribution >= 4 is 46.7 Å². The number of hydrogen-bond acceptors (Lipinski definition) is 8. The average Bonchev–Trinajstić information content (AvgIpc) is 2.82. The molecule has 0 fully saturated rings. The van der Waals surface area contributed by atoms with Crippen molar-refractivity contribution in [3.63, 3.8) is 0 Å². The molecular formula is C26H26N2O8. The molecule has 0 unspecified atom stereocenters. The van der Waals surface area contributed by atoms with Crippen molar-refractivity contribution in [2.24, 2.45) is 0 Å². The molecule has 2 amide bonds. The van der Waals surface area contributed by atoms with Gasteiger partial charge in [0.15, 0.2) is 12.2 Å². The number of ether oxygens (including phenoxy) is 2. The fourth-order valence-electron chi connectivity index (χ4n) is 2.98. The second kappa shape index (κ2) is 12.7. The van der Waals surface area contributed by atoms with E-state index >= 15 is 0 Å². The van der Waals surface area contributed by atoms with E-state index in [0.717, 1.165) is 12.2 Å². The number of rotatable bonds is 10. The van der Waals surface area contributed by atoms with Crippen LogP contribution >= 0.6 is 0 Å². The molecule has 2 aromatic rings. The summed E-state index contributed by atoms with van der Waals surface area (Å²) in [6.45, 7) is 5.48. The molecular weight excluding hydrogens is 468 g/mol. The second-order valence-electron chi connectivity index (χ2n) is 7.74. The van der Waals surface area contributed by atoms with Gasteiger partial charge >= 0.3 is 11.9 Å². The van der Waals surface area contributed by atoms with Gasteiger partial charge in [-0.3, -0.25) is 19.2 Å². The van der Waals surface area contributed by atoms with Crippen LogP contribution in [0.25, 0.3) is 0 Å². The van der Waals surface area contributed by atoms with Gasteiger partial charge in [-0.25, -0.2) is 9.59 Å². The van der Waals surface area contributed by atoms with Crippen LogP contribution in [0.1, 0.15) is 48.4 Å². The number of hydrogen-bond donors (Lipinski definition) is 2. The van der Waals surface area contributed by atoms with E-state index in [4.69, 9.17) is 9.47 Å². The molecule has 0 saturated carbocycles. The summed E-state index contributed by atoms with van der Waals surface area (Å²) in [7, 11) is 0. The molecule has 0 saturated heterocycles. The van der Waals surface area contributed by atoms with Gasteiger partial charge in [0.05, 0.1) is 0 Å². The van der Waals surface area contributed by atoms with E-state index in [1.165, 1.54) is 52.0 Å². The highest BCUT2D eigenvalue weighted by atomic mass is 16.6. The highest BCUT2D eigenvalue weighted by molar-refractivity contribution is 6.03. The SMILES string of the molecule is CC(=O)Nc1ccc(C(=O)[C@@H](C)OC(=O)/C=C/C(=O)O[C@H](C)C(=O)c2ccc(NC(C)=O)cc2)cc1. The van der Waals surface area contributed by atoms with Crippen LogP contribution < -0.4 is 10.6 Å². The number of anilines is 2. The molecule has 2 N–H and O–H groups in total. The smallest absolute Gasteiger partial charge is 0.331 e. The summed E-state index contributed by atoms with van der Waals surface area (Å²) in [5.74, 6) is -3.35. The Morgan fingerprint density at radius 1 is 0.611 bits per heavy atom. The quantitative estimate of drug-likeness (QED) is 0.291. The molecule has 0 aliphatic carbocycles. The molecule has 2 rings (SSSR count). The third-order valence-electron chi connectivity index (χ3n) is 4.66. The van der Waals surface area contributed by atoms with Gasteiger partial charge in [-0.2, -0.15) is 0 Å². The summed E-state index contributed by atoms with van der Waals surface area (Å²) >= 11 is 0. The Morgan fingerprint density at radius 3 is 1.19 bits per heavy atom. The Bertz CT molecular complexity index is 1090. The van der Waals surface area contributed by atoms with E-state index in [2.05, 4.69) is 10.6 Å². The molecule has 0 aliphatic rings. The number of benzene rings is 2. The molecule has 10 heteroatoms. The summed E-state index contributed by atoms with van der Waals surface area (Å²) in [5, 5.41) is 5.15. The lowest BCUT2D eigenvalue weighted by Crippen LogP contribution is -2.24. The largest absolute Gasteiger partial charge is 0.451 e. The molecule has 188 valence electrons. The first-order valence-electron chi connectivity index (χ1n) is 10.9. The van der Waals surface area contributed by atoms with E-state index in [0.29, 0.717) is 11.4 Å². The number of nitrogens with one attached hydrogen (secondary N) is 2. The monoisotopic (exact) mass is 494 g/mol. The summed E-state index contributed by atoms with van der Waals surface area (Å²) in [5.41, 5.74) is 1.56. The number of amides is 2. The van der Waals surface area contributed by atoms with Crippen LogP contribution in [0, 0.1) is 0 Å². The van der Waals surface area contributed by atoms with Crippen molar-refractivity contribution in [2.45, 2.75) is 39.9 Å². The van der Waals surface area contributed by atoms with E-state index < -0.39 is 35.7 Å². The van der Waals surface area contributed by atoms with Crippen LogP contribution in [-0.4, -0.2) is 47.5 Å². The van der Waals surface area contributed by atoms with Crippen molar-refractivity contribution in [1.29, 1.82) is 0 Å². The van der Waals surface area contributed by atoms with Crippen molar-refractivity contribution in [3.8, 4) is 0 Å². The van der Waals surface area contributed by atoms with Crippen molar-refractivity contribution < 1.29 is 38.2 Å². The number of esters is 2. The molecule has 0 bridgehead atoms. The number of Topliss-reactive ketones (excluding diaryl/α,β-unsaturated/α-hetero) is 2. The Kier molecular flexibility index (Phi) is 9.79. The van der Waals surface area contributed by atoms with Crippen LogP contribution in [0.15, 0.2) is 60.7 Å². The first-order chi connectivity index (χ1) is 17.0. The fourth-order valence-corrected chi connectivity index (χ4v) is 2.98. The minimum atomic E-state index is -1.13. The molecule has 0 radical (unpaired) electrons. The minimum absolute atomic E-state index is 0.252. The molecule has 0 aliphatic heterocycles. The van der Waals surface area contributed by atoms with Crippen LogP contribution in [0.5, 0.6) is 0 Å². The van der Waals surface area contributed by atoms with Gasteiger partial charge in [0.2, 0.25) is 23.4 Å². The zero-order valence-electron chi connectivity index (χ0n) is 20.2. The highest BCUT2D eigenvalue weighted by Gasteiger charge is 2.20. The van der Waals surface area contributed by atoms with Crippen molar-refractivity contribution in [2.75, 3.05) is 10.6 Å². The Morgan fingerprint density at radius 2 is 0.917 bits per heavy atom. The maximum atomic E-state index is 12.4. The van der Waals surface area contributed by atoms with Gasteiger partial charge in [0.25, 0.3) is 0 Å². The van der Waals surface area contributed by atoms with Crippen LogP contribution in [-0.2, 0) is 28.7 Å². The number of carbonyl (C=O) groups is 6. The molecule has 10 nitrogen and oxygen atoms in total.